The van der Waals surface area contributed by atoms with Crippen molar-refractivity contribution < 1.29 is 19.4 Å². The summed E-state index contributed by atoms with van der Waals surface area (Å²) >= 11 is 0. The maximum Gasteiger partial charge on any atom is 0.193 e. The van der Waals surface area contributed by atoms with E-state index in [0.29, 0.717) is 19.0 Å². The van der Waals surface area contributed by atoms with Crippen LogP contribution in [0.15, 0.2) is 109 Å². The second kappa shape index (κ2) is 10.8. The molecule has 0 heterocycles. The molecule has 0 spiro atoms. The molecule has 0 aliphatic heterocycles. The number of phenols is 1. The molecule has 33 heavy (non-hydrogen) atoms. The topological polar surface area (TPSA) is 55.8 Å². The molecule has 0 aliphatic carbocycles. The second-order valence-corrected chi connectivity index (χ2v) is 7.47. The van der Waals surface area contributed by atoms with Gasteiger partial charge in [-0.25, -0.2) is 0 Å². The van der Waals surface area contributed by atoms with Crippen LogP contribution in [-0.4, -0.2) is 10.9 Å². The van der Waals surface area contributed by atoms with E-state index in [-0.39, 0.29) is 17.1 Å². The molecule has 164 valence electrons. The first-order chi connectivity index (χ1) is 16.2. The third-order valence-corrected chi connectivity index (χ3v) is 5.04. The molecule has 4 aromatic rings. The summed E-state index contributed by atoms with van der Waals surface area (Å²) in [5.74, 6) is 0.651. The highest BCUT2D eigenvalue weighted by atomic mass is 16.5. The smallest absolute Gasteiger partial charge is 0.193 e. The van der Waals surface area contributed by atoms with E-state index in [1.165, 1.54) is 12.1 Å². The van der Waals surface area contributed by atoms with Crippen molar-refractivity contribution in [3.63, 3.8) is 0 Å². The van der Waals surface area contributed by atoms with Gasteiger partial charge in [0.25, 0.3) is 0 Å². The molecule has 4 heteroatoms. The van der Waals surface area contributed by atoms with Gasteiger partial charge in [-0.2, -0.15) is 0 Å². The second-order valence-electron chi connectivity index (χ2n) is 7.47. The minimum absolute atomic E-state index is 0.111. The molecule has 4 nitrogen and oxygen atoms in total. The van der Waals surface area contributed by atoms with Crippen LogP contribution in [-0.2, 0) is 13.2 Å². The standard InChI is InChI=1S/C29H24O4/c30-26-12-7-13-28(33-21-24-10-5-2-6-11-24)29(26)27(31)19-16-22-14-17-25(18-15-22)32-20-23-8-3-1-4-9-23/h1-19,30H,20-21H2/b19-16+. The summed E-state index contributed by atoms with van der Waals surface area (Å²) in [6.45, 7) is 0.798. The number of benzene rings is 4. The average Bonchev–Trinajstić information content (AvgIpc) is 2.86. The van der Waals surface area contributed by atoms with Crippen LogP contribution in [0.25, 0.3) is 6.08 Å². The predicted octanol–water partition coefficient (Wildman–Crippen LogP) is 6.45. The van der Waals surface area contributed by atoms with E-state index in [4.69, 9.17) is 9.47 Å². The van der Waals surface area contributed by atoms with Gasteiger partial charge < -0.3 is 14.6 Å². The molecule has 0 saturated carbocycles. The Morgan fingerprint density at radius 3 is 1.94 bits per heavy atom. The van der Waals surface area contributed by atoms with E-state index in [2.05, 4.69) is 0 Å². The fourth-order valence-corrected chi connectivity index (χ4v) is 3.29. The van der Waals surface area contributed by atoms with Gasteiger partial charge in [0.15, 0.2) is 5.78 Å². The summed E-state index contributed by atoms with van der Waals surface area (Å²) in [4.78, 5) is 12.8. The Bertz CT molecular complexity index is 1210. The van der Waals surface area contributed by atoms with Crippen LogP contribution in [0.1, 0.15) is 27.0 Å². The SMILES string of the molecule is O=C(/C=C/c1ccc(OCc2ccccc2)cc1)c1c(O)cccc1OCc1ccccc1. The van der Waals surface area contributed by atoms with Crippen molar-refractivity contribution in [3.05, 3.63) is 131 Å². The largest absolute Gasteiger partial charge is 0.507 e. The summed E-state index contributed by atoms with van der Waals surface area (Å²) in [7, 11) is 0. The number of phenolic OH excluding ortho intramolecular Hbond substituents is 1. The van der Waals surface area contributed by atoms with Gasteiger partial charge in [0, 0.05) is 0 Å². The monoisotopic (exact) mass is 436 g/mol. The number of ketones is 1. The lowest BCUT2D eigenvalue weighted by atomic mass is 10.1. The molecule has 0 unspecified atom stereocenters. The minimum Gasteiger partial charge on any atom is -0.507 e. The summed E-state index contributed by atoms with van der Waals surface area (Å²) in [5.41, 5.74) is 3.06. The number of carbonyl (C=O) groups is 1. The quantitative estimate of drug-likeness (QED) is 0.242. The van der Waals surface area contributed by atoms with Crippen molar-refractivity contribution in [1.29, 1.82) is 0 Å². The van der Waals surface area contributed by atoms with Gasteiger partial charge in [-0.1, -0.05) is 84.9 Å². The average molecular weight is 437 g/mol. The number of hydrogen-bond donors (Lipinski definition) is 1. The van der Waals surface area contributed by atoms with E-state index >= 15 is 0 Å². The van der Waals surface area contributed by atoms with Crippen LogP contribution in [0.3, 0.4) is 0 Å². The van der Waals surface area contributed by atoms with Crippen LogP contribution < -0.4 is 9.47 Å². The van der Waals surface area contributed by atoms with Gasteiger partial charge in [-0.3, -0.25) is 4.79 Å². The highest BCUT2D eigenvalue weighted by Crippen LogP contribution is 2.29. The van der Waals surface area contributed by atoms with Gasteiger partial charge in [-0.15, -0.1) is 0 Å². The Morgan fingerprint density at radius 2 is 1.30 bits per heavy atom. The summed E-state index contributed by atoms with van der Waals surface area (Å²) in [6, 6.07) is 31.9. The van der Waals surface area contributed by atoms with Crippen molar-refractivity contribution in [2.75, 3.05) is 0 Å². The molecule has 0 saturated heterocycles. The number of rotatable bonds is 9. The molecule has 0 fully saturated rings. The van der Waals surface area contributed by atoms with Gasteiger partial charge >= 0.3 is 0 Å². The van der Waals surface area contributed by atoms with Gasteiger partial charge in [0.1, 0.15) is 36.0 Å². The van der Waals surface area contributed by atoms with Gasteiger partial charge in [0.2, 0.25) is 0 Å². The van der Waals surface area contributed by atoms with Crippen LogP contribution in [0.2, 0.25) is 0 Å². The number of carbonyl (C=O) groups excluding carboxylic acids is 1. The molecule has 4 aromatic carbocycles. The minimum atomic E-state index is -0.333. The van der Waals surface area contributed by atoms with E-state index < -0.39 is 0 Å². The van der Waals surface area contributed by atoms with Crippen LogP contribution in [0.5, 0.6) is 17.2 Å². The van der Waals surface area contributed by atoms with Crippen molar-refractivity contribution in [1.82, 2.24) is 0 Å². The van der Waals surface area contributed by atoms with Crippen LogP contribution in [0, 0.1) is 0 Å². The summed E-state index contributed by atoms with van der Waals surface area (Å²) in [5, 5.41) is 10.3. The lowest BCUT2D eigenvalue weighted by Gasteiger charge is -2.11. The van der Waals surface area contributed by atoms with Crippen molar-refractivity contribution >= 4 is 11.9 Å². The molecule has 0 radical (unpaired) electrons. The zero-order chi connectivity index (χ0) is 22.9. The Balaban J connectivity index is 1.40. The number of ether oxygens (including phenoxy) is 2. The third-order valence-electron chi connectivity index (χ3n) is 5.04. The molecule has 0 atom stereocenters. The van der Waals surface area contributed by atoms with Crippen molar-refractivity contribution in [2.24, 2.45) is 0 Å². The van der Waals surface area contributed by atoms with Crippen molar-refractivity contribution in [3.8, 4) is 17.2 Å². The lowest BCUT2D eigenvalue weighted by Crippen LogP contribution is -2.03. The molecule has 1 N–H and O–H groups in total. The Labute approximate surface area is 193 Å². The Morgan fingerprint density at radius 1 is 0.697 bits per heavy atom. The van der Waals surface area contributed by atoms with Crippen molar-refractivity contribution in [2.45, 2.75) is 13.2 Å². The maximum atomic E-state index is 12.8. The number of allylic oxidation sites excluding steroid dienone is 1. The predicted molar refractivity (Wildman–Crippen MR) is 129 cm³/mol. The molecule has 0 aliphatic rings. The maximum absolute atomic E-state index is 12.8. The molecule has 0 aromatic heterocycles. The number of aromatic hydroxyl groups is 1. The van der Waals surface area contributed by atoms with Crippen LogP contribution >= 0.6 is 0 Å². The highest BCUT2D eigenvalue weighted by Gasteiger charge is 2.15. The lowest BCUT2D eigenvalue weighted by molar-refractivity contribution is 0.104. The molecular formula is C29H24O4. The zero-order valence-corrected chi connectivity index (χ0v) is 18.1. The normalized spacial score (nSPS) is 10.8. The van der Waals surface area contributed by atoms with E-state index in [1.54, 1.807) is 18.2 Å². The summed E-state index contributed by atoms with van der Waals surface area (Å²) in [6.07, 6.45) is 3.14. The fourth-order valence-electron chi connectivity index (χ4n) is 3.29. The zero-order valence-electron chi connectivity index (χ0n) is 18.1. The Hall–Kier alpha value is -4.31. The van der Waals surface area contributed by atoms with Gasteiger partial charge in [0.05, 0.1) is 0 Å². The van der Waals surface area contributed by atoms with E-state index in [1.807, 2.05) is 84.9 Å². The molecular weight excluding hydrogens is 412 g/mol. The molecule has 4 rings (SSSR count). The first-order valence-electron chi connectivity index (χ1n) is 10.7. The molecule has 0 bridgehead atoms. The summed E-state index contributed by atoms with van der Waals surface area (Å²) < 4.78 is 11.6. The van der Waals surface area contributed by atoms with E-state index in [0.717, 1.165) is 22.4 Å². The highest BCUT2D eigenvalue weighted by molar-refractivity contribution is 6.10. The number of hydrogen-bond acceptors (Lipinski definition) is 4. The van der Waals surface area contributed by atoms with Crippen LogP contribution in [0.4, 0.5) is 0 Å². The first-order valence-corrected chi connectivity index (χ1v) is 10.7. The first kappa shape index (κ1) is 21.9. The van der Waals surface area contributed by atoms with E-state index in [9.17, 15) is 9.90 Å². The fraction of sp³-hybridized carbons (Fsp3) is 0.0690. The van der Waals surface area contributed by atoms with Gasteiger partial charge in [-0.05, 0) is 47.0 Å². The Kier molecular flexibility index (Phi) is 7.18. The molecule has 0 amide bonds. The third kappa shape index (κ3) is 6.11.